The molecule has 0 saturated heterocycles. The number of rotatable bonds is 4. The standard InChI is InChI=1S/C13H14BrN3/c14-10-3-1-2-9(6-10)12-7-16-13(17-12)8-15-11-4-5-11/h1-3,6-7,11,15H,4-5,8H2,(H,16,17). The molecule has 2 aromatic rings. The highest BCUT2D eigenvalue weighted by Gasteiger charge is 2.20. The monoisotopic (exact) mass is 291 g/mol. The van der Waals surface area contributed by atoms with Crippen LogP contribution >= 0.6 is 15.9 Å². The molecule has 88 valence electrons. The van der Waals surface area contributed by atoms with Crippen molar-refractivity contribution in [2.24, 2.45) is 0 Å². The van der Waals surface area contributed by atoms with Crippen molar-refractivity contribution in [3.8, 4) is 11.3 Å². The van der Waals surface area contributed by atoms with E-state index < -0.39 is 0 Å². The van der Waals surface area contributed by atoms with Crippen molar-refractivity contribution in [3.05, 3.63) is 40.8 Å². The van der Waals surface area contributed by atoms with Crippen LogP contribution in [-0.2, 0) is 6.54 Å². The van der Waals surface area contributed by atoms with Crippen molar-refractivity contribution in [2.45, 2.75) is 25.4 Å². The second-order valence-corrected chi connectivity index (χ2v) is 5.32. The number of benzene rings is 1. The van der Waals surface area contributed by atoms with Gasteiger partial charge in [0.15, 0.2) is 0 Å². The van der Waals surface area contributed by atoms with E-state index in [0.29, 0.717) is 0 Å². The largest absolute Gasteiger partial charge is 0.341 e. The van der Waals surface area contributed by atoms with Crippen LogP contribution in [0.2, 0.25) is 0 Å². The average Bonchev–Trinajstić information content (AvgIpc) is 3.04. The number of H-pyrrole nitrogens is 1. The second-order valence-electron chi connectivity index (χ2n) is 4.41. The van der Waals surface area contributed by atoms with Gasteiger partial charge in [-0.1, -0.05) is 28.1 Å². The average molecular weight is 292 g/mol. The van der Waals surface area contributed by atoms with Gasteiger partial charge in [0.05, 0.1) is 18.4 Å². The summed E-state index contributed by atoms with van der Waals surface area (Å²) in [4.78, 5) is 7.73. The molecular weight excluding hydrogens is 278 g/mol. The van der Waals surface area contributed by atoms with Gasteiger partial charge in [0, 0.05) is 16.1 Å². The Morgan fingerprint density at radius 1 is 1.41 bits per heavy atom. The minimum absolute atomic E-state index is 0.717. The molecular formula is C13H14BrN3. The summed E-state index contributed by atoms with van der Waals surface area (Å²) in [5, 5.41) is 3.45. The lowest BCUT2D eigenvalue weighted by Gasteiger charge is -1.99. The summed E-state index contributed by atoms with van der Waals surface area (Å²) in [5.41, 5.74) is 2.23. The van der Waals surface area contributed by atoms with Crippen LogP contribution in [0.1, 0.15) is 18.7 Å². The fraction of sp³-hybridized carbons (Fsp3) is 0.308. The second kappa shape index (κ2) is 4.63. The normalized spacial score (nSPS) is 15.1. The summed E-state index contributed by atoms with van der Waals surface area (Å²) < 4.78 is 1.09. The lowest BCUT2D eigenvalue weighted by molar-refractivity contribution is 0.664. The number of aromatic amines is 1. The van der Waals surface area contributed by atoms with Crippen molar-refractivity contribution >= 4 is 15.9 Å². The quantitative estimate of drug-likeness (QED) is 0.909. The minimum atomic E-state index is 0.717. The van der Waals surface area contributed by atoms with Crippen LogP contribution in [0.4, 0.5) is 0 Å². The number of imidazole rings is 1. The molecule has 0 unspecified atom stereocenters. The topological polar surface area (TPSA) is 40.7 Å². The molecule has 0 aliphatic heterocycles. The van der Waals surface area contributed by atoms with E-state index in [-0.39, 0.29) is 0 Å². The van der Waals surface area contributed by atoms with Crippen LogP contribution < -0.4 is 5.32 Å². The lowest BCUT2D eigenvalue weighted by atomic mass is 10.2. The molecule has 0 bridgehead atoms. The fourth-order valence-corrected chi connectivity index (χ4v) is 2.18. The maximum absolute atomic E-state index is 4.39. The van der Waals surface area contributed by atoms with Gasteiger partial charge >= 0.3 is 0 Å². The number of nitrogens with zero attached hydrogens (tertiary/aromatic N) is 1. The number of hydrogen-bond donors (Lipinski definition) is 2. The Morgan fingerprint density at radius 2 is 2.29 bits per heavy atom. The van der Waals surface area contributed by atoms with Crippen LogP contribution in [0.15, 0.2) is 34.9 Å². The molecule has 0 spiro atoms. The molecule has 2 N–H and O–H groups in total. The first-order valence-electron chi connectivity index (χ1n) is 5.84. The summed E-state index contributed by atoms with van der Waals surface area (Å²) in [6.07, 6.45) is 4.50. The van der Waals surface area contributed by atoms with Crippen LogP contribution in [0.3, 0.4) is 0 Å². The first kappa shape index (κ1) is 11.0. The van der Waals surface area contributed by atoms with Crippen molar-refractivity contribution in [1.82, 2.24) is 15.3 Å². The zero-order valence-corrected chi connectivity index (χ0v) is 11.0. The predicted molar refractivity (Wildman–Crippen MR) is 71.6 cm³/mol. The highest BCUT2D eigenvalue weighted by atomic mass is 79.9. The predicted octanol–water partition coefficient (Wildman–Crippen LogP) is 3.09. The van der Waals surface area contributed by atoms with Crippen LogP contribution in [0.25, 0.3) is 11.3 Å². The van der Waals surface area contributed by atoms with E-state index in [1.807, 2.05) is 18.3 Å². The lowest BCUT2D eigenvalue weighted by Crippen LogP contribution is -2.16. The Morgan fingerprint density at radius 3 is 3.06 bits per heavy atom. The molecule has 0 radical (unpaired) electrons. The van der Waals surface area contributed by atoms with E-state index >= 15 is 0 Å². The maximum atomic E-state index is 4.39. The molecule has 3 rings (SSSR count). The van der Waals surface area contributed by atoms with Crippen molar-refractivity contribution in [3.63, 3.8) is 0 Å². The molecule has 0 atom stereocenters. The number of nitrogens with one attached hydrogen (secondary N) is 2. The third kappa shape index (κ3) is 2.76. The summed E-state index contributed by atoms with van der Waals surface area (Å²) in [7, 11) is 0. The van der Waals surface area contributed by atoms with E-state index in [1.54, 1.807) is 0 Å². The summed E-state index contributed by atoms with van der Waals surface area (Å²) >= 11 is 3.48. The smallest absolute Gasteiger partial charge is 0.120 e. The highest BCUT2D eigenvalue weighted by Crippen LogP contribution is 2.22. The van der Waals surface area contributed by atoms with Gasteiger partial charge in [-0.3, -0.25) is 0 Å². The summed E-state index contributed by atoms with van der Waals surface area (Å²) in [5.74, 6) is 1.01. The van der Waals surface area contributed by atoms with Gasteiger partial charge in [-0.2, -0.15) is 0 Å². The van der Waals surface area contributed by atoms with Gasteiger partial charge in [-0.05, 0) is 25.0 Å². The molecule has 4 heteroatoms. The van der Waals surface area contributed by atoms with Crippen LogP contribution in [-0.4, -0.2) is 16.0 Å². The third-order valence-corrected chi connectivity index (χ3v) is 3.39. The van der Waals surface area contributed by atoms with Gasteiger partial charge in [0.25, 0.3) is 0 Å². The van der Waals surface area contributed by atoms with Crippen LogP contribution in [0, 0.1) is 0 Å². The van der Waals surface area contributed by atoms with Crippen LogP contribution in [0.5, 0.6) is 0 Å². The number of hydrogen-bond acceptors (Lipinski definition) is 2. The number of aromatic nitrogens is 2. The molecule has 17 heavy (non-hydrogen) atoms. The first-order chi connectivity index (χ1) is 8.31. The van der Waals surface area contributed by atoms with Crippen molar-refractivity contribution in [2.75, 3.05) is 0 Å². The molecule has 1 aliphatic rings. The van der Waals surface area contributed by atoms with E-state index in [9.17, 15) is 0 Å². The highest BCUT2D eigenvalue weighted by molar-refractivity contribution is 9.10. The van der Waals surface area contributed by atoms with E-state index in [2.05, 4.69) is 43.3 Å². The zero-order valence-electron chi connectivity index (χ0n) is 9.41. The Labute approximate surface area is 109 Å². The Bertz CT molecular complexity index is 517. The molecule has 0 amide bonds. The Balaban J connectivity index is 1.74. The number of halogens is 1. The van der Waals surface area contributed by atoms with Crippen molar-refractivity contribution in [1.29, 1.82) is 0 Å². The fourth-order valence-electron chi connectivity index (χ4n) is 1.78. The van der Waals surface area contributed by atoms with Gasteiger partial charge in [0.1, 0.15) is 5.82 Å². The van der Waals surface area contributed by atoms with Gasteiger partial charge in [-0.15, -0.1) is 0 Å². The maximum Gasteiger partial charge on any atom is 0.120 e. The molecule has 1 aromatic carbocycles. The van der Waals surface area contributed by atoms with Gasteiger partial charge < -0.3 is 10.3 Å². The van der Waals surface area contributed by atoms with Gasteiger partial charge in [0.2, 0.25) is 0 Å². The molecule has 1 aromatic heterocycles. The molecule has 3 nitrogen and oxygen atoms in total. The zero-order chi connectivity index (χ0) is 11.7. The van der Waals surface area contributed by atoms with Crippen molar-refractivity contribution < 1.29 is 0 Å². The Kier molecular flexibility index (Phi) is 2.99. The first-order valence-corrected chi connectivity index (χ1v) is 6.64. The molecule has 1 heterocycles. The summed E-state index contributed by atoms with van der Waals surface area (Å²) in [6.45, 7) is 0.832. The summed E-state index contributed by atoms with van der Waals surface area (Å²) in [6, 6.07) is 8.94. The van der Waals surface area contributed by atoms with Gasteiger partial charge in [-0.25, -0.2) is 4.98 Å². The minimum Gasteiger partial charge on any atom is -0.341 e. The third-order valence-electron chi connectivity index (χ3n) is 2.90. The van der Waals surface area contributed by atoms with E-state index in [0.717, 1.165) is 34.1 Å². The van der Waals surface area contributed by atoms with E-state index in [4.69, 9.17) is 0 Å². The molecule has 1 saturated carbocycles. The molecule has 1 fully saturated rings. The van der Waals surface area contributed by atoms with E-state index in [1.165, 1.54) is 12.8 Å². The molecule has 1 aliphatic carbocycles. The SMILES string of the molecule is Brc1cccc(-c2cnc(CNC3CC3)[nH]2)c1. The Hall–Kier alpha value is -1.13.